The van der Waals surface area contributed by atoms with E-state index in [1.807, 2.05) is 37.3 Å². The van der Waals surface area contributed by atoms with Crippen molar-refractivity contribution in [2.45, 2.75) is 13.3 Å². The summed E-state index contributed by atoms with van der Waals surface area (Å²) in [6.45, 7) is 2.30. The van der Waals surface area contributed by atoms with E-state index < -0.39 is 0 Å². The van der Waals surface area contributed by atoms with Crippen molar-refractivity contribution in [1.29, 1.82) is 0 Å². The molecule has 0 aliphatic heterocycles. The summed E-state index contributed by atoms with van der Waals surface area (Å²) in [6.07, 6.45) is 0.719. The van der Waals surface area contributed by atoms with E-state index in [9.17, 15) is 9.59 Å². The molecule has 0 unspecified atom stereocenters. The number of aromatic nitrogens is 1. The van der Waals surface area contributed by atoms with Crippen LogP contribution < -0.4 is 5.32 Å². The second-order valence-corrected chi connectivity index (χ2v) is 8.00. The summed E-state index contributed by atoms with van der Waals surface area (Å²) in [4.78, 5) is 31.4. The number of nitrogens with zero attached hydrogens (tertiary/aromatic N) is 2. The number of halogens is 2. The average molecular weight is 448 g/mol. The Morgan fingerprint density at radius 1 is 1.14 bits per heavy atom. The van der Waals surface area contributed by atoms with E-state index >= 15 is 0 Å². The molecule has 1 N–H and O–H groups in total. The fourth-order valence-corrected chi connectivity index (χ4v) is 3.98. The summed E-state index contributed by atoms with van der Waals surface area (Å²) in [5.41, 5.74) is 1.73. The summed E-state index contributed by atoms with van der Waals surface area (Å²) >= 11 is 13.4. The lowest BCUT2D eigenvalue weighted by Gasteiger charge is -2.20. The lowest BCUT2D eigenvalue weighted by molar-refractivity contribution is -0.116. The zero-order valence-electron chi connectivity index (χ0n) is 15.7. The van der Waals surface area contributed by atoms with Gasteiger partial charge in [0.15, 0.2) is 0 Å². The van der Waals surface area contributed by atoms with Crippen LogP contribution >= 0.6 is 34.5 Å². The van der Waals surface area contributed by atoms with E-state index in [0.717, 1.165) is 17.0 Å². The van der Waals surface area contributed by atoms with Gasteiger partial charge in [-0.05, 0) is 24.6 Å². The van der Waals surface area contributed by atoms with E-state index in [2.05, 4.69) is 10.3 Å². The summed E-state index contributed by atoms with van der Waals surface area (Å²) in [6, 6.07) is 14.5. The van der Waals surface area contributed by atoms with Gasteiger partial charge in [-0.3, -0.25) is 9.59 Å². The Morgan fingerprint density at radius 2 is 1.90 bits per heavy atom. The Balaban J connectivity index is 1.71. The third-order valence-corrected chi connectivity index (χ3v) is 5.50. The molecule has 0 aliphatic carbocycles. The lowest BCUT2D eigenvalue weighted by Crippen LogP contribution is -2.38. The predicted molar refractivity (Wildman–Crippen MR) is 119 cm³/mol. The first kappa shape index (κ1) is 21.3. The maximum absolute atomic E-state index is 12.9. The number of hydrogen-bond acceptors (Lipinski definition) is 4. The van der Waals surface area contributed by atoms with Gasteiger partial charge in [0, 0.05) is 22.5 Å². The molecule has 29 heavy (non-hydrogen) atoms. The number of carbonyl (C=O) groups is 2. The highest BCUT2D eigenvalue weighted by Crippen LogP contribution is 2.26. The summed E-state index contributed by atoms with van der Waals surface area (Å²) in [7, 11) is 0. The minimum Gasteiger partial charge on any atom is -0.328 e. The van der Waals surface area contributed by atoms with Crippen LogP contribution in [0.4, 0.5) is 5.69 Å². The van der Waals surface area contributed by atoms with E-state index in [1.165, 1.54) is 16.2 Å². The smallest absolute Gasteiger partial charge is 0.273 e. The van der Waals surface area contributed by atoms with Gasteiger partial charge in [-0.2, -0.15) is 0 Å². The number of nitrogens with one attached hydrogen (secondary N) is 1. The third-order valence-electron chi connectivity index (χ3n) is 4.06. The van der Waals surface area contributed by atoms with Crippen molar-refractivity contribution in [3.63, 3.8) is 0 Å². The van der Waals surface area contributed by atoms with Crippen molar-refractivity contribution >= 4 is 52.0 Å². The Morgan fingerprint density at radius 3 is 2.59 bits per heavy atom. The summed E-state index contributed by atoms with van der Waals surface area (Å²) in [5.74, 6) is -0.614. The van der Waals surface area contributed by atoms with Gasteiger partial charge >= 0.3 is 0 Å². The summed E-state index contributed by atoms with van der Waals surface area (Å²) < 4.78 is 0. The van der Waals surface area contributed by atoms with Crippen LogP contribution in [0, 0.1) is 0 Å². The number of benzene rings is 2. The van der Waals surface area contributed by atoms with E-state index in [-0.39, 0.29) is 18.4 Å². The van der Waals surface area contributed by atoms with Gasteiger partial charge in [0.2, 0.25) is 5.91 Å². The molecule has 0 saturated heterocycles. The van der Waals surface area contributed by atoms with Crippen LogP contribution in [-0.2, 0) is 4.79 Å². The highest BCUT2D eigenvalue weighted by atomic mass is 35.5. The molecule has 8 heteroatoms. The zero-order valence-corrected chi connectivity index (χ0v) is 18.0. The molecule has 3 aromatic rings. The Bertz CT molecular complexity index is 1010. The largest absolute Gasteiger partial charge is 0.328 e. The number of amides is 2. The second kappa shape index (κ2) is 9.87. The molecular formula is C21H19Cl2N3O2S. The van der Waals surface area contributed by atoms with Crippen LogP contribution in [0.25, 0.3) is 10.6 Å². The maximum atomic E-state index is 12.9. The second-order valence-electron chi connectivity index (χ2n) is 6.30. The van der Waals surface area contributed by atoms with E-state index in [4.69, 9.17) is 23.2 Å². The van der Waals surface area contributed by atoms with Crippen molar-refractivity contribution < 1.29 is 9.59 Å². The zero-order chi connectivity index (χ0) is 20.8. The molecule has 3 rings (SSSR count). The van der Waals surface area contributed by atoms with Gasteiger partial charge in [0.05, 0.1) is 10.7 Å². The Hall–Kier alpha value is -2.41. The van der Waals surface area contributed by atoms with Crippen molar-refractivity contribution in [2.24, 2.45) is 0 Å². The number of thiazole rings is 1. The molecule has 0 spiro atoms. The van der Waals surface area contributed by atoms with E-state index in [1.54, 1.807) is 23.6 Å². The number of anilines is 1. The fourth-order valence-electron chi connectivity index (χ4n) is 2.72. The maximum Gasteiger partial charge on any atom is 0.273 e. The molecule has 1 heterocycles. The molecule has 0 saturated carbocycles. The SMILES string of the molecule is CCCN(CC(=O)Nc1ccc(Cl)cc1Cl)C(=O)c1csc(-c2ccccc2)n1. The van der Waals surface area contributed by atoms with Crippen LogP contribution in [0.1, 0.15) is 23.8 Å². The highest BCUT2D eigenvalue weighted by Gasteiger charge is 2.21. The normalized spacial score (nSPS) is 10.6. The minimum atomic E-state index is -0.338. The molecule has 0 bridgehead atoms. The number of carbonyl (C=O) groups excluding carboxylic acids is 2. The van der Waals surface area contributed by atoms with Crippen LogP contribution in [0.3, 0.4) is 0 Å². The third kappa shape index (κ3) is 5.56. The first-order valence-electron chi connectivity index (χ1n) is 9.03. The molecule has 1 aromatic heterocycles. The molecule has 2 aromatic carbocycles. The van der Waals surface area contributed by atoms with Crippen LogP contribution in [0.15, 0.2) is 53.9 Å². The first-order chi connectivity index (χ1) is 14.0. The van der Waals surface area contributed by atoms with Crippen LogP contribution in [-0.4, -0.2) is 34.8 Å². The van der Waals surface area contributed by atoms with E-state index in [0.29, 0.717) is 28.0 Å². The van der Waals surface area contributed by atoms with Crippen molar-refractivity contribution in [1.82, 2.24) is 9.88 Å². The van der Waals surface area contributed by atoms with Gasteiger partial charge < -0.3 is 10.2 Å². The monoisotopic (exact) mass is 447 g/mol. The number of rotatable bonds is 7. The fraction of sp³-hybridized carbons (Fsp3) is 0.190. The quantitative estimate of drug-likeness (QED) is 0.511. The predicted octanol–water partition coefficient (Wildman–Crippen LogP) is 5.61. The molecule has 150 valence electrons. The van der Waals surface area contributed by atoms with Gasteiger partial charge in [-0.25, -0.2) is 4.98 Å². The van der Waals surface area contributed by atoms with Gasteiger partial charge in [-0.15, -0.1) is 11.3 Å². The standard InChI is InChI=1S/C21H19Cl2N3O2S/c1-2-10-26(12-19(27)24-17-9-8-15(22)11-16(17)23)21(28)18-13-29-20(25-18)14-6-4-3-5-7-14/h3-9,11,13H,2,10,12H2,1H3,(H,24,27). The van der Waals surface area contributed by atoms with Crippen molar-refractivity contribution in [3.8, 4) is 10.6 Å². The highest BCUT2D eigenvalue weighted by molar-refractivity contribution is 7.13. The van der Waals surface area contributed by atoms with Crippen LogP contribution in [0.2, 0.25) is 10.0 Å². The molecule has 2 amide bonds. The first-order valence-corrected chi connectivity index (χ1v) is 10.7. The Labute approximate surface area is 183 Å². The average Bonchev–Trinajstić information content (AvgIpc) is 3.20. The molecule has 5 nitrogen and oxygen atoms in total. The molecular weight excluding hydrogens is 429 g/mol. The van der Waals surface area contributed by atoms with Crippen molar-refractivity contribution in [3.05, 3.63) is 69.7 Å². The molecule has 0 aliphatic rings. The molecule has 0 radical (unpaired) electrons. The molecule has 0 fully saturated rings. The van der Waals surface area contributed by atoms with Gasteiger partial charge in [0.25, 0.3) is 5.91 Å². The number of hydrogen-bond donors (Lipinski definition) is 1. The minimum absolute atomic E-state index is 0.0934. The van der Waals surface area contributed by atoms with Crippen molar-refractivity contribution in [2.75, 3.05) is 18.4 Å². The van der Waals surface area contributed by atoms with Crippen LogP contribution in [0.5, 0.6) is 0 Å². The molecule has 0 atom stereocenters. The van der Waals surface area contributed by atoms with Gasteiger partial charge in [-0.1, -0.05) is 60.5 Å². The lowest BCUT2D eigenvalue weighted by atomic mass is 10.2. The topological polar surface area (TPSA) is 62.3 Å². The Kier molecular flexibility index (Phi) is 7.25. The summed E-state index contributed by atoms with van der Waals surface area (Å²) in [5, 5.41) is 6.03. The van der Waals surface area contributed by atoms with Gasteiger partial charge in [0.1, 0.15) is 17.2 Å².